The normalized spacial score (nSPS) is 38.3. The summed E-state index contributed by atoms with van der Waals surface area (Å²) in [7, 11) is 1.94. The molecule has 4 aliphatic heterocycles. The topological polar surface area (TPSA) is 80.9 Å². The van der Waals surface area contributed by atoms with Crippen LogP contribution in [0.3, 0.4) is 0 Å². The molecule has 4 N–H and O–H groups in total. The van der Waals surface area contributed by atoms with Gasteiger partial charge in [0.1, 0.15) is 6.04 Å². The number of piperidine rings is 2. The Hall–Kier alpha value is -0.980. The Morgan fingerprint density at radius 1 is 1.24 bits per heavy atom. The highest BCUT2D eigenvalue weighted by Crippen LogP contribution is 2.41. The summed E-state index contributed by atoms with van der Waals surface area (Å²) in [4.78, 5) is 20.6. The summed E-state index contributed by atoms with van der Waals surface area (Å²) in [6.45, 7) is 4.83. The lowest BCUT2D eigenvalue weighted by molar-refractivity contribution is -0.209. The monoisotopic (exact) mass is 490 g/mol. The zero-order valence-corrected chi connectivity index (χ0v) is 20.4. The Morgan fingerprint density at radius 3 is 2.76 bits per heavy atom. The van der Waals surface area contributed by atoms with Gasteiger partial charge < -0.3 is 15.5 Å². The zero-order valence-electron chi connectivity index (χ0n) is 20.4. The van der Waals surface area contributed by atoms with Crippen LogP contribution in [0.5, 0.6) is 0 Å². The van der Waals surface area contributed by atoms with Crippen molar-refractivity contribution in [3.63, 3.8) is 0 Å². The first-order valence-corrected chi connectivity index (χ1v) is 13.0. The van der Waals surface area contributed by atoms with Crippen molar-refractivity contribution in [1.82, 2.24) is 31.4 Å². The van der Waals surface area contributed by atoms with Crippen LogP contribution in [-0.4, -0.2) is 92.0 Å². The van der Waals surface area contributed by atoms with E-state index in [4.69, 9.17) is 4.84 Å². The maximum atomic E-state index is 13.9. The molecule has 0 aliphatic carbocycles. The van der Waals surface area contributed by atoms with Gasteiger partial charge in [0.2, 0.25) is 5.91 Å². The molecular formula is C23H41F3N6O2. The van der Waals surface area contributed by atoms with Gasteiger partial charge in [-0.15, -0.1) is 0 Å². The van der Waals surface area contributed by atoms with Crippen LogP contribution < -0.4 is 21.5 Å². The van der Waals surface area contributed by atoms with E-state index in [0.29, 0.717) is 32.6 Å². The van der Waals surface area contributed by atoms with Crippen LogP contribution in [-0.2, 0) is 9.63 Å². The first-order chi connectivity index (χ1) is 16.3. The number of carbonyl (C=O) groups excluding carboxylic acids is 1. The lowest BCUT2D eigenvalue weighted by Crippen LogP contribution is -2.55. The summed E-state index contributed by atoms with van der Waals surface area (Å²) < 4.78 is 41.6. The van der Waals surface area contributed by atoms with E-state index in [9.17, 15) is 18.0 Å². The van der Waals surface area contributed by atoms with E-state index >= 15 is 0 Å². The molecule has 0 bridgehead atoms. The Balaban J connectivity index is 1.29. The van der Waals surface area contributed by atoms with Gasteiger partial charge in [0.25, 0.3) is 0 Å². The van der Waals surface area contributed by atoms with E-state index in [1.165, 1.54) is 12.8 Å². The number of nitrogens with zero attached hydrogens (tertiary/aromatic N) is 2. The standard InChI is InChI=1S/C23H41F3N6O2/c1-3-6-20-16(17(23(24,25)26)8-10-31(20)2)14-32-13-15(12-28-32)29-22(33)19-11-21(34-30-19)18-7-4-5-9-27-18/h15-21,27-28,30H,3-14H2,1-2H3,(H,29,33). The lowest BCUT2D eigenvalue weighted by atomic mass is 9.77. The average molecular weight is 491 g/mol. The molecule has 0 aromatic heterocycles. The molecule has 0 radical (unpaired) electrons. The number of hydrogen-bond donors (Lipinski definition) is 4. The predicted molar refractivity (Wildman–Crippen MR) is 123 cm³/mol. The molecular weight excluding hydrogens is 449 g/mol. The second kappa shape index (κ2) is 11.4. The number of amides is 1. The quantitative estimate of drug-likeness (QED) is 0.430. The number of hydrazine groups is 1. The van der Waals surface area contributed by atoms with Crippen molar-refractivity contribution < 1.29 is 22.8 Å². The summed E-state index contributed by atoms with van der Waals surface area (Å²) in [5.41, 5.74) is 6.12. The average Bonchev–Trinajstić information content (AvgIpc) is 3.46. The molecule has 0 aromatic carbocycles. The molecule has 4 heterocycles. The van der Waals surface area contributed by atoms with Crippen molar-refractivity contribution in [1.29, 1.82) is 0 Å². The number of hydroxylamine groups is 1. The highest BCUT2D eigenvalue weighted by atomic mass is 19.4. The van der Waals surface area contributed by atoms with Crippen LogP contribution in [0.15, 0.2) is 0 Å². The van der Waals surface area contributed by atoms with E-state index in [-0.39, 0.29) is 36.6 Å². The Labute approximate surface area is 200 Å². The summed E-state index contributed by atoms with van der Waals surface area (Å²) in [6, 6.07) is -0.366. The van der Waals surface area contributed by atoms with Gasteiger partial charge in [-0.05, 0) is 51.7 Å². The third-order valence-electron chi connectivity index (χ3n) is 8.10. The fourth-order valence-corrected chi connectivity index (χ4v) is 6.23. The van der Waals surface area contributed by atoms with E-state index in [1.54, 1.807) is 0 Å². The highest BCUT2D eigenvalue weighted by Gasteiger charge is 2.50. The van der Waals surface area contributed by atoms with Crippen molar-refractivity contribution in [2.45, 2.75) is 88.3 Å². The van der Waals surface area contributed by atoms with Crippen molar-refractivity contribution in [3.05, 3.63) is 0 Å². The van der Waals surface area contributed by atoms with E-state index < -0.39 is 24.1 Å². The van der Waals surface area contributed by atoms with Crippen LogP contribution in [0.2, 0.25) is 0 Å². The number of rotatable bonds is 7. The zero-order chi connectivity index (χ0) is 24.3. The van der Waals surface area contributed by atoms with Gasteiger partial charge >= 0.3 is 6.18 Å². The summed E-state index contributed by atoms with van der Waals surface area (Å²) in [6.07, 6.45) is 1.56. The van der Waals surface area contributed by atoms with Crippen LogP contribution in [0, 0.1) is 11.8 Å². The lowest BCUT2D eigenvalue weighted by Gasteiger charge is -2.46. The predicted octanol–water partition coefficient (Wildman–Crippen LogP) is 1.39. The largest absolute Gasteiger partial charge is 0.392 e. The third-order valence-corrected chi connectivity index (χ3v) is 8.10. The van der Waals surface area contributed by atoms with Crippen molar-refractivity contribution in [3.8, 4) is 0 Å². The molecule has 11 heteroatoms. The molecule has 0 saturated carbocycles. The molecule has 7 atom stereocenters. The number of nitrogens with one attached hydrogen (secondary N) is 4. The van der Waals surface area contributed by atoms with Gasteiger partial charge in [0.15, 0.2) is 0 Å². The minimum absolute atomic E-state index is 0.0210. The second-order valence-corrected chi connectivity index (χ2v) is 10.5. The van der Waals surface area contributed by atoms with Gasteiger partial charge in [-0.25, -0.2) is 5.01 Å². The number of alkyl halides is 3. The van der Waals surface area contributed by atoms with Crippen LogP contribution in [0.4, 0.5) is 13.2 Å². The van der Waals surface area contributed by atoms with E-state index in [1.807, 2.05) is 19.0 Å². The summed E-state index contributed by atoms with van der Waals surface area (Å²) in [5.74, 6) is -1.89. The molecule has 0 aromatic rings. The van der Waals surface area contributed by atoms with Crippen molar-refractivity contribution >= 4 is 5.91 Å². The van der Waals surface area contributed by atoms with Gasteiger partial charge in [-0.3, -0.25) is 15.1 Å². The molecule has 4 fully saturated rings. The number of hydrogen-bond acceptors (Lipinski definition) is 7. The summed E-state index contributed by atoms with van der Waals surface area (Å²) >= 11 is 0. The molecule has 7 unspecified atom stereocenters. The maximum absolute atomic E-state index is 13.9. The van der Waals surface area contributed by atoms with Gasteiger partial charge in [-0.2, -0.15) is 18.7 Å². The van der Waals surface area contributed by atoms with Gasteiger partial charge in [-0.1, -0.05) is 19.8 Å². The molecule has 4 aliphatic rings. The molecule has 1 amide bonds. The minimum Gasteiger partial charge on any atom is -0.349 e. The van der Waals surface area contributed by atoms with E-state index in [0.717, 1.165) is 25.8 Å². The van der Waals surface area contributed by atoms with Crippen molar-refractivity contribution in [2.24, 2.45) is 11.8 Å². The number of halogens is 3. The number of likely N-dealkylation sites (tertiary alicyclic amines) is 1. The van der Waals surface area contributed by atoms with Gasteiger partial charge in [0, 0.05) is 38.1 Å². The first-order valence-electron chi connectivity index (χ1n) is 13.0. The molecule has 4 rings (SSSR count). The molecule has 34 heavy (non-hydrogen) atoms. The van der Waals surface area contributed by atoms with Crippen molar-refractivity contribution in [2.75, 3.05) is 39.8 Å². The maximum Gasteiger partial charge on any atom is 0.392 e. The molecule has 4 saturated heterocycles. The molecule has 196 valence electrons. The van der Waals surface area contributed by atoms with E-state index in [2.05, 4.69) is 26.4 Å². The van der Waals surface area contributed by atoms with Gasteiger partial charge in [0.05, 0.1) is 18.1 Å². The third kappa shape index (κ3) is 6.22. The number of carbonyl (C=O) groups is 1. The highest BCUT2D eigenvalue weighted by molar-refractivity contribution is 5.82. The second-order valence-electron chi connectivity index (χ2n) is 10.5. The smallest absolute Gasteiger partial charge is 0.349 e. The molecule has 0 spiro atoms. The SMILES string of the molecule is CCCC1C(CN2CC(NC(=O)C3CC(C4CCCCN4)ON3)CN2)C(C(F)(F)F)CCN1C. The first kappa shape index (κ1) is 26.1. The molecule has 8 nitrogen and oxygen atoms in total. The fourth-order valence-electron chi connectivity index (χ4n) is 6.23. The fraction of sp³-hybridized carbons (Fsp3) is 0.957. The van der Waals surface area contributed by atoms with Crippen LogP contribution >= 0.6 is 0 Å². The minimum atomic E-state index is -4.19. The van der Waals surface area contributed by atoms with Crippen LogP contribution in [0.1, 0.15) is 51.9 Å². The Bertz CT molecular complexity index is 678. The summed E-state index contributed by atoms with van der Waals surface area (Å²) in [5, 5.41) is 8.41. The van der Waals surface area contributed by atoms with Crippen LogP contribution in [0.25, 0.3) is 0 Å². The Kier molecular flexibility index (Phi) is 8.74. The Morgan fingerprint density at radius 2 is 2.06 bits per heavy atom.